The van der Waals surface area contributed by atoms with Gasteiger partial charge in [0.25, 0.3) is 0 Å². The largest absolute Gasteiger partial charge is 0.445 e. The molecule has 2 nitrogen and oxygen atoms in total. The molecule has 4 aliphatic carbocycles. The van der Waals surface area contributed by atoms with Gasteiger partial charge in [0, 0.05) is 17.7 Å². The zero-order chi connectivity index (χ0) is 19.2. The minimum atomic E-state index is -0.753. The molecule has 27 heavy (non-hydrogen) atoms. The first-order valence-corrected chi connectivity index (χ1v) is 11.0. The molecule has 4 rings (SSSR count). The summed E-state index contributed by atoms with van der Waals surface area (Å²) in [5.41, 5.74) is 2.16. The number of halogens is 1. The lowest BCUT2D eigenvalue weighted by molar-refractivity contribution is -0.167. The van der Waals surface area contributed by atoms with Crippen molar-refractivity contribution in [3.8, 4) is 11.3 Å². The highest BCUT2D eigenvalue weighted by molar-refractivity contribution is 6.30. The Hall–Kier alpha value is -1.20. The lowest BCUT2D eigenvalue weighted by Gasteiger charge is -2.57. The zero-order valence-electron chi connectivity index (χ0n) is 16.7. The molecule has 4 aliphatic rings. The Kier molecular flexibility index (Phi) is 4.96. The van der Waals surface area contributed by atoms with Crippen LogP contribution in [0.25, 0.3) is 0 Å². The molecule has 0 N–H and O–H groups in total. The van der Waals surface area contributed by atoms with Crippen molar-refractivity contribution in [3.05, 3.63) is 23.8 Å². The summed E-state index contributed by atoms with van der Waals surface area (Å²) in [6.45, 7) is 8.32. The highest BCUT2D eigenvalue weighted by Gasteiger charge is 2.66. The molecule has 0 aromatic heterocycles. The van der Waals surface area contributed by atoms with Crippen LogP contribution in [0.4, 0.5) is 0 Å². The van der Waals surface area contributed by atoms with Crippen molar-refractivity contribution in [1.29, 1.82) is 0 Å². The van der Waals surface area contributed by atoms with Crippen LogP contribution in [0.2, 0.25) is 0 Å². The number of carbonyl (C=O) groups excluding carboxylic acids is 1. The Labute approximate surface area is 168 Å². The highest BCUT2D eigenvalue weighted by atomic mass is 35.5. The van der Waals surface area contributed by atoms with Crippen LogP contribution in [0.15, 0.2) is 23.8 Å². The second-order valence-corrected chi connectivity index (χ2v) is 9.36. The summed E-state index contributed by atoms with van der Waals surface area (Å²) in [7, 11) is 0. The van der Waals surface area contributed by atoms with E-state index >= 15 is 0 Å². The Balaban J connectivity index is 1.76. The van der Waals surface area contributed by atoms with Crippen molar-refractivity contribution < 1.29 is 9.53 Å². The van der Waals surface area contributed by atoms with Gasteiger partial charge in [0.05, 0.1) is 0 Å². The summed E-state index contributed by atoms with van der Waals surface area (Å²) >= 11 is 5.89. The monoisotopic (exact) mass is 386 g/mol. The van der Waals surface area contributed by atoms with Crippen molar-refractivity contribution in [2.24, 2.45) is 29.1 Å². The molecule has 6 atom stereocenters. The number of rotatable bonds is 2. The van der Waals surface area contributed by atoms with E-state index in [1.54, 1.807) is 5.57 Å². The number of ether oxygens (including phenoxy) is 1. The maximum absolute atomic E-state index is 12.0. The van der Waals surface area contributed by atoms with Crippen LogP contribution in [0.3, 0.4) is 0 Å². The lowest BCUT2D eigenvalue weighted by Crippen LogP contribution is -2.55. The van der Waals surface area contributed by atoms with Crippen LogP contribution in [-0.4, -0.2) is 11.6 Å². The molecule has 0 heterocycles. The van der Waals surface area contributed by atoms with Gasteiger partial charge in [0.1, 0.15) is 0 Å². The molecule has 146 valence electrons. The molecule has 3 saturated carbocycles. The predicted molar refractivity (Wildman–Crippen MR) is 109 cm³/mol. The van der Waals surface area contributed by atoms with Gasteiger partial charge in [-0.1, -0.05) is 30.7 Å². The van der Waals surface area contributed by atoms with E-state index in [9.17, 15) is 4.79 Å². The second kappa shape index (κ2) is 7.00. The molecule has 0 unspecified atom stereocenters. The smallest absolute Gasteiger partial charge is 0.304 e. The third-order valence-corrected chi connectivity index (χ3v) is 8.41. The average Bonchev–Trinajstić information content (AvgIpc) is 2.95. The van der Waals surface area contributed by atoms with Crippen LogP contribution in [0.1, 0.15) is 71.6 Å². The van der Waals surface area contributed by atoms with Gasteiger partial charge in [0.2, 0.25) is 0 Å². The minimum absolute atomic E-state index is 0.144. The van der Waals surface area contributed by atoms with Crippen LogP contribution in [0, 0.1) is 40.4 Å². The van der Waals surface area contributed by atoms with Crippen molar-refractivity contribution in [1.82, 2.24) is 0 Å². The summed E-state index contributed by atoms with van der Waals surface area (Å²) in [5.74, 6) is 5.40. The first-order chi connectivity index (χ1) is 13.0. The molecular formula is C24H31ClO2. The summed E-state index contributed by atoms with van der Waals surface area (Å²) in [6.07, 6.45) is 12.6. The van der Waals surface area contributed by atoms with Gasteiger partial charge in [0.15, 0.2) is 5.60 Å². The van der Waals surface area contributed by atoms with Crippen LogP contribution in [0.5, 0.6) is 0 Å². The maximum Gasteiger partial charge on any atom is 0.304 e. The first kappa shape index (κ1) is 19.1. The number of fused-ring (bicyclic) bond motifs is 5. The predicted octanol–water partition coefficient (Wildman–Crippen LogP) is 6.01. The normalized spacial score (nSPS) is 42.8. The van der Waals surface area contributed by atoms with Crippen molar-refractivity contribution in [3.63, 3.8) is 0 Å². The number of hydrogen-bond donors (Lipinski definition) is 0. The molecule has 0 amide bonds. The molecule has 0 aromatic rings. The Morgan fingerprint density at radius 1 is 1.41 bits per heavy atom. The summed E-state index contributed by atoms with van der Waals surface area (Å²) in [4.78, 5) is 12.0. The van der Waals surface area contributed by atoms with Gasteiger partial charge in [-0.3, -0.25) is 4.79 Å². The summed E-state index contributed by atoms with van der Waals surface area (Å²) in [6, 6.07) is 0. The zero-order valence-corrected chi connectivity index (χ0v) is 17.4. The number of hydrogen-bond acceptors (Lipinski definition) is 2. The molecular weight excluding hydrogens is 356 g/mol. The number of esters is 1. The van der Waals surface area contributed by atoms with Crippen LogP contribution in [-0.2, 0) is 9.53 Å². The van der Waals surface area contributed by atoms with Gasteiger partial charge >= 0.3 is 5.97 Å². The van der Waals surface area contributed by atoms with E-state index in [4.69, 9.17) is 16.3 Å². The van der Waals surface area contributed by atoms with Crippen molar-refractivity contribution in [2.45, 2.75) is 77.2 Å². The van der Waals surface area contributed by atoms with Crippen molar-refractivity contribution in [2.75, 3.05) is 0 Å². The van der Waals surface area contributed by atoms with E-state index in [1.165, 1.54) is 44.6 Å². The van der Waals surface area contributed by atoms with E-state index in [2.05, 4.69) is 30.9 Å². The van der Waals surface area contributed by atoms with E-state index in [1.807, 2.05) is 0 Å². The fourth-order valence-corrected chi connectivity index (χ4v) is 7.63. The fraction of sp³-hybridized carbons (Fsp3) is 0.708. The summed E-state index contributed by atoms with van der Waals surface area (Å²) in [5, 5.41) is 2.59. The highest BCUT2D eigenvalue weighted by Crippen LogP contribution is 2.68. The molecule has 3 heteroatoms. The minimum Gasteiger partial charge on any atom is -0.445 e. The molecule has 0 radical (unpaired) electrons. The van der Waals surface area contributed by atoms with Crippen LogP contribution < -0.4 is 0 Å². The van der Waals surface area contributed by atoms with E-state index < -0.39 is 5.60 Å². The molecule has 0 spiro atoms. The van der Waals surface area contributed by atoms with Gasteiger partial charge in [-0.2, -0.15) is 0 Å². The first-order valence-electron chi connectivity index (χ1n) is 10.7. The molecule has 3 fully saturated rings. The third-order valence-electron chi connectivity index (χ3n) is 8.31. The average molecular weight is 387 g/mol. The number of carbonyl (C=O) groups is 1. The van der Waals surface area contributed by atoms with Crippen LogP contribution >= 0.6 is 11.6 Å². The molecule has 0 saturated heterocycles. The molecule has 0 aliphatic heterocycles. The maximum atomic E-state index is 12.0. The lowest BCUT2D eigenvalue weighted by atomic mass is 9.48. The Bertz CT molecular complexity index is 741. The van der Waals surface area contributed by atoms with Crippen molar-refractivity contribution >= 4 is 17.6 Å². The Morgan fingerprint density at radius 3 is 2.93 bits per heavy atom. The topological polar surface area (TPSA) is 26.3 Å². The van der Waals surface area contributed by atoms with E-state index in [0.29, 0.717) is 23.7 Å². The SMILES string of the molecule is C=C1C[C@@]2(CC)[C@@H](CC[C@]2(C#CCl)OC(C)=O)[C@@H]2CCC3=CCCC[C@@H]3[C@@H]12. The Morgan fingerprint density at radius 2 is 2.22 bits per heavy atom. The van der Waals surface area contributed by atoms with Gasteiger partial charge in [-0.05, 0) is 99.0 Å². The van der Waals surface area contributed by atoms with Gasteiger partial charge in [-0.25, -0.2) is 0 Å². The molecule has 0 bridgehead atoms. The fourth-order valence-electron chi connectivity index (χ4n) is 7.47. The van der Waals surface area contributed by atoms with E-state index in [0.717, 1.165) is 25.7 Å². The molecule has 0 aromatic carbocycles. The second-order valence-electron chi connectivity index (χ2n) is 9.17. The summed E-state index contributed by atoms with van der Waals surface area (Å²) < 4.78 is 5.99. The van der Waals surface area contributed by atoms with E-state index in [-0.39, 0.29) is 11.4 Å². The number of allylic oxidation sites excluding steroid dienone is 3. The quantitative estimate of drug-likeness (QED) is 0.330. The third kappa shape index (κ3) is 2.72. The van der Waals surface area contributed by atoms with Gasteiger partial charge in [-0.15, -0.1) is 0 Å². The van der Waals surface area contributed by atoms with Gasteiger partial charge < -0.3 is 4.74 Å². The standard InChI is InChI=1S/C24H31ClO2/c1-4-23-15-16(2)22-19-8-6-5-7-18(19)9-10-20(22)21(23)11-12-24(23,13-14-25)27-17(3)26/h7,19-22H,2,4-6,8-12,15H2,1,3H3/t19-,20-,21-,22+,23-,24+/m0/s1.